The number of rotatable bonds is 8. The van der Waals surface area contributed by atoms with E-state index in [4.69, 9.17) is 0 Å². The highest BCUT2D eigenvalue weighted by Gasteiger charge is 2.65. The van der Waals surface area contributed by atoms with Crippen molar-refractivity contribution in [1.82, 2.24) is 10.2 Å². The summed E-state index contributed by atoms with van der Waals surface area (Å²) in [4.78, 5) is 13.8. The molecular formula is C41H64N2O4S. The van der Waals surface area contributed by atoms with Gasteiger partial charge in [0.15, 0.2) is 9.84 Å². The van der Waals surface area contributed by atoms with Gasteiger partial charge in [-0.3, -0.25) is 9.69 Å². The fraction of sp³-hybridized carbons (Fsp3) is 0.829. The number of carbonyl (C=O) groups is 1. The molecule has 6 nitrogen and oxygen atoms in total. The Kier molecular flexibility index (Phi) is 9.22. The van der Waals surface area contributed by atoms with E-state index in [2.05, 4.69) is 56.6 Å². The Morgan fingerprint density at radius 1 is 1.04 bits per heavy atom. The second kappa shape index (κ2) is 12.7. The number of sulfone groups is 1. The van der Waals surface area contributed by atoms with Crippen molar-refractivity contribution in [3.05, 3.63) is 35.5 Å². The Morgan fingerprint density at radius 3 is 2.46 bits per heavy atom. The van der Waals surface area contributed by atoms with Gasteiger partial charge in [0.2, 0.25) is 0 Å². The first-order valence-electron chi connectivity index (χ1n) is 19.7. The number of hydrogen-bond donors (Lipinski definition) is 2. The van der Waals surface area contributed by atoms with Gasteiger partial charge >= 0.3 is 5.97 Å². The second-order valence-corrected chi connectivity index (χ2v) is 20.5. The van der Waals surface area contributed by atoms with Gasteiger partial charge in [-0.25, -0.2) is 8.42 Å². The SMILES string of the molecule is C=C(C)[C@@H]1CCC2(NCCN3CC(CC)S(=O)(=O)C3)CCC3C(CCC4C5(C)CC=C(C6=CCC(C(=O)O)CC6)C(C)C5CCC34C)[C@@H]12. The van der Waals surface area contributed by atoms with Crippen LogP contribution in [0.5, 0.6) is 0 Å². The van der Waals surface area contributed by atoms with Gasteiger partial charge in [-0.1, -0.05) is 52.0 Å². The van der Waals surface area contributed by atoms with Crippen molar-refractivity contribution in [2.75, 3.05) is 25.5 Å². The molecule has 7 rings (SSSR count). The van der Waals surface area contributed by atoms with Crippen LogP contribution in [0.2, 0.25) is 0 Å². The monoisotopic (exact) mass is 680 g/mol. The number of hydrogen-bond acceptors (Lipinski definition) is 5. The summed E-state index contributed by atoms with van der Waals surface area (Å²) in [6, 6.07) is 0. The van der Waals surface area contributed by atoms with Crippen LogP contribution in [-0.2, 0) is 14.6 Å². The molecule has 1 heterocycles. The largest absolute Gasteiger partial charge is 0.481 e. The van der Waals surface area contributed by atoms with Crippen LogP contribution in [0, 0.1) is 58.2 Å². The Hall–Kier alpha value is -1.44. The summed E-state index contributed by atoms with van der Waals surface area (Å²) in [5.74, 6) is 4.07. The van der Waals surface area contributed by atoms with Gasteiger partial charge in [0.1, 0.15) is 5.88 Å². The Bertz CT molecular complexity index is 1470. The van der Waals surface area contributed by atoms with Crippen LogP contribution >= 0.6 is 0 Å². The summed E-state index contributed by atoms with van der Waals surface area (Å²) in [5, 5.41) is 13.5. The molecule has 7 heteroatoms. The van der Waals surface area contributed by atoms with Gasteiger partial charge in [-0.05, 0) is 154 Å². The molecule has 0 aromatic carbocycles. The molecule has 0 spiro atoms. The van der Waals surface area contributed by atoms with E-state index in [9.17, 15) is 18.3 Å². The van der Waals surface area contributed by atoms with Crippen molar-refractivity contribution in [3.8, 4) is 0 Å². The summed E-state index contributed by atoms with van der Waals surface area (Å²) in [5.41, 5.74) is 5.20. The smallest absolute Gasteiger partial charge is 0.306 e. The van der Waals surface area contributed by atoms with Crippen LogP contribution in [0.4, 0.5) is 0 Å². The van der Waals surface area contributed by atoms with Crippen molar-refractivity contribution in [1.29, 1.82) is 0 Å². The summed E-state index contributed by atoms with van der Waals surface area (Å²) in [7, 11) is -2.99. The quantitative estimate of drug-likeness (QED) is 0.253. The van der Waals surface area contributed by atoms with Crippen LogP contribution in [0.3, 0.4) is 0 Å². The average molecular weight is 681 g/mol. The standard InChI is InChI=1S/C41H64N2O4S/c1-7-30-24-43(25-48(30,46)47)23-22-42-41-20-15-31(26(2)3)37(41)33-12-13-36-39(5)18-14-32(28-8-10-29(11-9-28)38(44)45)27(4)34(39)16-19-40(36,6)35(33)17-21-41/h8,14,27,29-31,33-37,42H,2,7,9-13,15-25H2,1,3-6H3,(H,44,45)/t27?,29?,30?,31-,33?,34?,35?,36?,37+,39?,40?,41?/m0/s1. The molecule has 0 radical (unpaired) electrons. The molecule has 5 fully saturated rings. The lowest BCUT2D eigenvalue weighted by Gasteiger charge is -2.67. The Balaban J connectivity index is 1.09. The number of nitrogens with one attached hydrogen (secondary N) is 1. The van der Waals surface area contributed by atoms with E-state index in [0.717, 1.165) is 43.7 Å². The third-order valence-electron chi connectivity index (χ3n) is 16.2. The maximum absolute atomic E-state index is 12.6. The highest BCUT2D eigenvalue weighted by atomic mass is 32.2. The molecule has 0 bridgehead atoms. The molecule has 268 valence electrons. The zero-order chi connectivity index (χ0) is 34.2. The molecule has 0 amide bonds. The first-order chi connectivity index (χ1) is 22.7. The molecule has 1 aliphatic heterocycles. The molecule has 12 atom stereocenters. The zero-order valence-electron chi connectivity index (χ0n) is 30.6. The van der Waals surface area contributed by atoms with Crippen LogP contribution in [0.25, 0.3) is 0 Å². The van der Waals surface area contributed by atoms with E-state index in [1.165, 1.54) is 68.9 Å². The van der Waals surface area contributed by atoms with Crippen molar-refractivity contribution < 1.29 is 18.3 Å². The lowest BCUT2D eigenvalue weighted by molar-refractivity contribution is -0.168. The van der Waals surface area contributed by atoms with Gasteiger partial charge in [0, 0.05) is 25.2 Å². The molecule has 48 heavy (non-hydrogen) atoms. The first-order valence-corrected chi connectivity index (χ1v) is 21.4. The summed E-state index contributed by atoms with van der Waals surface area (Å²) in [6.45, 7) is 19.1. The molecule has 6 aliphatic carbocycles. The van der Waals surface area contributed by atoms with Crippen LogP contribution in [-0.4, -0.2) is 60.7 Å². The predicted molar refractivity (Wildman–Crippen MR) is 194 cm³/mol. The minimum Gasteiger partial charge on any atom is -0.481 e. The number of fused-ring (bicyclic) bond motifs is 7. The highest BCUT2D eigenvalue weighted by molar-refractivity contribution is 7.92. The van der Waals surface area contributed by atoms with Gasteiger partial charge < -0.3 is 10.4 Å². The molecule has 10 unspecified atom stereocenters. The number of carboxylic acid groups (broad SMARTS) is 1. The molecule has 1 saturated heterocycles. The van der Waals surface area contributed by atoms with E-state index >= 15 is 0 Å². The fourth-order valence-corrected chi connectivity index (χ4v) is 15.8. The van der Waals surface area contributed by atoms with E-state index in [-0.39, 0.29) is 22.6 Å². The average Bonchev–Trinajstić information content (AvgIpc) is 3.57. The predicted octanol–water partition coefficient (Wildman–Crippen LogP) is 8.02. The molecule has 0 aromatic heterocycles. The molecule has 0 aromatic rings. The normalized spacial score (nSPS) is 46.8. The number of nitrogens with zero attached hydrogens (tertiary/aromatic N) is 1. The highest BCUT2D eigenvalue weighted by Crippen LogP contribution is 2.71. The van der Waals surface area contributed by atoms with Gasteiger partial charge in [-0.2, -0.15) is 0 Å². The summed E-state index contributed by atoms with van der Waals surface area (Å²) < 4.78 is 25.2. The third-order valence-corrected chi connectivity index (χ3v) is 18.5. The third kappa shape index (κ3) is 5.54. The zero-order valence-corrected chi connectivity index (χ0v) is 31.4. The number of allylic oxidation sites excluding steroid dienone is 5. The molecule has 7 aliphatic rings. The fourth-order valence-electron chi connectivity index (χ4n) is 13.9. The van der Waals surface area contributed by atoms with Crippen LogP contribution in [0.15, 0.2) is 35.5 Å². The van der Waals surface area contributed by atoms with Gasteiger partial charge in [-0.15, -0.1) is 0 Å². The lowest BCUT2D eigenvalue weighted by atomic mass is 9.38. The number of carboxylic acids is 1. The van der Waals surface area contributed by atoms with Crippen molar-refractivity contribution in [3.63, 3.8) is 0 Å². The maximum Gasteiger partial charge on any atom is 0.306 e. The Labute approximate surface area is 291 Å². The van der Waals surface area contributed by atoms with Crippen molar-refractivity contribution >= 4 is 15.8 Å². The van der Waals surface area contributed by atoms with Gasteiger partial charge in [0.25, 0.3) is 0 Å². The summed E-state index contributed by atoms with van der Waals surface area (Å²) >= 11 is 0. The van der Waals surface area contributed by atoms with Crippen LogP contribution in [0.1, 0.15) is 118 Å². The van der Waals surface area contributed by atoms with E-state index in [1.54, 1.807) is 5.57 Å². The molecule has 2 N–H and O–H groups in total. The molecule has 4 saturated carbocycles. The first kappa shape index (κ1) is 35.0. The second-order valence-electron chi connectivity index (χ2n) is 18.3. The van der Waals surface area contributed by atoms with Crippen molar-refractivity contribution in [2.45, 2.75) is 129 Å². The summed E-state index contributed by atoms with van der Waals surface area (Å²) in [6.07, 6.45) is 19.5. The van der Waals surface area contributed by atoms with Crippen LogP contribution < -0.4 is 5.32 Å². The maximum atomic E-state index is 12.6. The van der Waals surface area contributed by atoms with E-state index in [0.29, 0.717) is 53.9 Å². The molecular weight excluding hydrogens is 617 g/mol. The topological polar surface area (TPSA) is 86.7 Å². The van der Waals surface area contributed by atoms with Gasteiger partial charge in [0.05, 0.1) is 11.2 Å². The number of aliphatic carboxylic acids is 1. The minimum absolute atomic E-state index is 0.155. The Morgan fingerprint density at radius 2 is 1.79 bits per heavy atom. The van der Waals surface area contributed by atoms with Crippen molar-refractivity contribution in [2.24, 2.45) is 58.2 Å². The lowest BCUT2D eigenvalue weighted by Crippen LogP contribution is -2.64. The van der Waals surface area contributed by atoms with E-state index in [1.807, 2.05) is 6.92 Å². The minimum atomic E-state index is -2.99. The van der Waals surface area contributed by atoms with E-state index < -0.39 is 15.8 Å².